The fraction of sp³-hybridized carbons (Fsp3) is 0.611. The molecule has 3 aliphatic carbocycles. The van der Waals surface area contributed by atoms with Gasteiger partial charge in [0.2, 0.25) is 0 Å². The van der Waals surface area contributed by atoms with Crippen LogP contribution in [-0.4, -0.2) is 22.1 Å². The van der Waals surface area contributed by atoms with Crippen LogP contribution in [-0.2, 0) is 11.2 Å². The lowest BCUT2D eigenvalue weighted by Gasteiger charge is -2.48. The molecule has 1 unspecified atom stereocenters. The molecule has 0 aromatic heterocycles. The summed E-state index contributed by atoms with van der Waals surface area (Å²) in [6.07, 6.45) is 3.84. The number of rotatable bonds is 0. The molecule has 112 valence electrons. The third-order valence-electron chi connectivity index (χ3n) is 6.44. The van der Waals surface area contributed by atoms with Crippen molar-refractivity contribution in [2.24, 2.45) is 17.3 Å². The fourth-order valence-corrected chi connectivity index (χ4v) is 5.36. The van der Waals surface area contributed by atoms with Gasteiger partial charge >= 0.3 is 0 Å². The molecule has 4 rings (SSSR count). The monoisotopic (exact) mass is 286 g/mol. The standard InChI is InChI=1S/C18H22O3/c1-18-7-6-13-12-5-3-11(19)8-10(12)2-4-14(13)15(18)9-16(20)17(18)21/h3,5,8,13-16,19-20H,2,4,6-7,9H2,1H3/t13-,14-,15+,16?,18+/m1/s1. The summed E-state index contributed by atoms with van der Waals surface area (Å²) in [7, 11) is 0. The molecule has 0 aliphatic heterocycles. The van der Waals surface area contributed by atoms with Gasteiger partial charge in [-0.25, -0.2) is 0 Å². The van der Waals surface area contributed by atoms with E-state index in [1.165, 1.54) is 11.1 Å². The molecule has 0 amide bonds. The first-order valence-corrected chi connectivity index (χ1v) is 8.05. The number of ketones is 1. The second-order valence-electron chi connectivity index (χ2n) is 7.37. The minimum Gasteiger partial charge on any atom is -0.508 e. The summed E-state index contributed by atoms with van der Waals surface area (Å²) in [5.41, 5.74) is 2.32. The lowest BCUT2D eigenvalue weighted by molar-refractivity contribution is -0.134. The fourth-order valence-electron chi connectivity index (χ4n) is 5.36. The van der Waals surface area contributed by atoms with Crippen molar-refractivity contribution in [3.63, 3.8) is 0 Å². The summed E-state index contributed by atoms with van der Waals surface area (Å²) < 4.78 is 0. The maximum atomic E-state index is 12.3. The van der Waals surface area contributed by atoms with E-state index >= 15 is 0 Å². The lowest BCUT2D eigenvalue weighted by atomic mass is 9.55. The molecular weight excluding hydrogens is 264 g/mol. The van der Waals surface area contributed by atoms with Gasteiger partial charge in [-0.2, -0.15) is 0 Å². The van der Waals surface area contributed by atoms with Crippen LogP contribution in [0.25, 0.3) is 0 Å². The quantitative estimate of drug-likeness (QED) is 0.771. The van der Waals surface area contributed by atoms with Crippen molar-refractivity contribution in [1.82, 2.24) is 0 Å². The van der Waals surface area contributed by atoms with Crippen molar-refractivity contribution < 1.29 is 15.0 Å². The van der Waals surface area contributed by atoms with Crippen molar-refractivity contribution in [2.75, 3.05) is 0 Å². The molecule has 0 radical (unpaired) electrons. The average molecular weight is 286 g/mol. The van der Waals surface area contributed by atoms with Crippen LogP contribution < -0.4 is 0 Å². The first-order chi connectivity index (χ1) is 10.0. The van der Waals surface area contributed by atoms with Gasteiger partial charge in [0.1, 0.15) is 11.9 Å². The molecule has 0 saturated heterocycles. The summed E-state index contributed by atoms with van der Waals surface area (Å²) in [6.45, 7) is 2.07. The van der Waals surface area contributed by atoms with Crippen LogP contribution in [0.2, 0.25) is 0 Å². The SMILES string of the molecule is C[C@]12CC[C@@H]3c4ccc(O)cc4CC[C@H]3[C@@H]1CC(O)C2=O. The maximum Gasteiger partial charge on any atom is 0.167 e. The predicted molar refractivity (Wildman–Crippen MR) is 79.1 cm³/mol. The molecule has 5 atom stereocenters. The molecule has 0 spiro atoms. The summed E-state index contributed by atoms with van der Waals surface area (Å²) in [5, 5.41) is 19.7. The van der Waals surface area contributed by atoms with Gasteiger partial charge in [0, 0.05) is 5.41 Å². The summed E-state index contributed by atoms with van der Waals surface area (Å²) in [5.74, 6) is 1.73. The van der Waals surface area contributed by atoms with E-state index in [0.717, 1.165) is 25.7 Å². The minimum atomic E-state index is -0.750. The van der Waals surface area contributed by atoms with Crippen molar-refractivity contribution in [2.45, 2.75) is 51.0 Å². The zero-order valence-corrected chi connectivity index (χ0v) is 12.4. The average Bonchev–Trinajstić information content (AvgIpc) is 2.70. The van der Waals surface area contributed by atoms with Crippen molar-refractivity contribution in [3.05, 3.63) is 29.3 Å². The Morgan fingerprint density at radius 2 is 2.10 bits per heavy atom. The van der Waals surface area contributed by atoms with Gasteiger partial charge in [-0.05, 0) is 73.1 Å². The van der Waals surface area contributed by atoms with E-state index in [2.05, 4.69) is 13.0 Å². The summed E-state index contributed by atoms with van der Waals surface area (Å²) in [4.78, 5) is 12.3. The summed E-state index contributed by atoms with van der Waals surface area (Å²) >= 11 is 0. The smallest absolute Gasteiger partial charge is 0.167 e. The number of carbonyl (C=O) groups excluding carboxylic acids is 1. The van der Waals surface area contributed by atoms with Gasteiger partial charge < -0.3 is 10.2 Å². The third kappa shape index (κ3) is 1.73. The first kappa shape index (κ1) is 13.3. The third-order valence-corrected chi connectivity index (χ3v) is 6.44. The Kier molecular flexibility index (Phi) is 2.74. The van der Waals surface area contributed by atoms with Crippen molar-refractivity contribution in [3.8, 4) is 5.75 Å². The van der Waals surface area contributed by atoms with E-state index in [-0.39, 0.29) is 11.2 Å². The first-order valence-electron chi connectivity index (χ1n) is 8.05. The lowest BCUT2D eigenvalue weighted by Crippen LogP contribution is -2.42. The Labute approximate surface area is 125 Å². The molecule has 2 saturated carbocycles. The molecule has 0 heterocycles. The minimum absolute atomic E-state index is 0.0717. The zero-order chi connectivity index (χ0) is 14.8. The van der Waals surface area contributed by atoms with Crippen LogP contribution in [0.3, 0.4) is 0 Å². The number of aliphatic hydroxyl groups excluding tert-OH is 1. The van der Waals surface area contributed by atoms with E-state index in [4.69, 9.17) is 0 Å². The topological polar surface area (TPSA) is 57.5 Å². The zero-order valence-electron chi connectivity index (χ0n) is 12.4. The number of benzene rings is 1. The molecule has 2 fully saturated rings. The highest BCUT2D eigenvalue weighted by Crippen LogP contribution is 2.59. The molecule has 2 N–H and O–H groups in total. The molecule has 21 heavy (non-hydrogen) atoms. The highest BCUT2D eigenvalue weighted by molar-refractivity contribution is 5.91. The van der Waals surface area contributed by atoms with E-state index in [9.17, 15) is 15.0 Å². The summed E-state index contributed by atoms with van der Waals surface area (Å²) in [6, 6.07) is 5.75. The molecule has 1 aromatic carbocycles. The predicted octanol–water partition coefficient (Wildman–Crippen LogP) is 2.79. The van der Waals surface area contributed by atoms with E-state index in [0.29, 0.717) is 29.9 Å². The Balaban J connectivity index is 1.73. The number of hydrogen-bond acceptors (Lipinski definition) is 3. The Morgan fingerprint density at radius 1 is 1.29 bits per heavy atom. The molecular formula is C18H22O3. The van der Waals surface area contributed by atoms with Crippen molar-refractivity contribution >= 4 is 5.78 Å². The van der Waals surface area contributed by atoms with E-state index < -0.39 is 6.10 Å². The van der Waals surface area contributed by atoms with Crippen LogP contribution in [0.4, 0.5) is 0 Å². The number of aliphatic hydroxyl groups is 1. The Hall–Kier alpha value is -1.35. The Bertz CT molecular complexity index is 608. The van der Waals surface area contributed by atoms with E-state index in [1.54, 1.807) is 6.07 Å². The Morgan fingerprint density at radius 3 is 2.90 bits per heavy atom. The van der Waals surface area contributed by atoms with Gasteiger partial charge in [-0.15, -0.1) is 0 Å². The van der Waals surface area contributed by atoms with Crippen LogP contribution in [0, 0.1) is 17.3 Å². The van der Waals surface area contributed by atoms with Gasteiger partial charge in [0.15, 0.2) is 5.78 Å². The number of Topliss-reactive ketones (excluding diaryl/α,β-unsaturated/α-hetero) is 1. The number of aromatic hydroxyl groups is 1. The van der Waals surface area contributed by atoms with Crippen LogP contribution in [0.5, 0.6) is 5.75 Å². The van der Waals surface area contributed by atoms with Crippen LogP contribution in [0.1, 0.15) is 49.7 Å². The number of phenolic OH excluding ortho intramolecular Hbond substituents is 1. The van der Waals surface area contributed by atoms with Gasteiger partial charge in [0.05, 0.1) is 0 Å². The van der Waals surface area contributed by atoms with E-state index in [1.807, 2.05) is 6.07 Å². The van der Waals surface area contributed by atoms with Crippen molar-refractivity contribution in [1.29, 1.82) is 0 Å². The van der Waals surface area contributed by atoms with Gasteiger partial charge in [-0.3, -0.25) is 4.79 Å². The number of hydrogen-bond donors (Lipinski definition) is 2. The van der Waals surface area contributed by atoms with Gasteiger partial charge in [0.25, 0.3) is 0 Å². The molecule has 3 heteroatoms. The highest BCUT2D eigenvalue weighted by Gasteiger charge is 2.57. The number of fused-ring (bicyclic) bond motifs is 5. The number of aryl methyl sites for hydroxylation is 1. The van der Waals surface area contributed by atoms with Crippen LogP contribution in [0.15, 0.2) is 18.2 Å². The maximum absolute atomic E-state index is 12.3. The number of carbonyl (C=O) groups is 1. The molecule has 0 bridgehead atoms. The van der Waals surface area contributed by atoms with Gasteiger partial charge in [-0.1, -0.05) is 13.0 Å². The van der Waals surface area contributed by atoms with Crippen LogP contribution >= 0.6 is 0 Å². The highest BCUT2D eigenvalue weighted by atomic mass is 16.3. The molecule has 3 aliphatic rings. The second-order valence-corrected chi connectivity index (χ2v) is 7.37. The molecule has 1 aromatic rings. The number of phenols is 1. The second kappa shape index (κ2) is 4.33. The molecule has 3 nitrogen and oxygen atoms in total. The normalized spacial score (nSPS) is 41.3. The largest absolute Gasteiger partial charge is 0.508 e.